The van der Waals surface area contributed by atoms with Crippen LogP contribution in [-0.2, 0) is 32.6 Å². The van der Waals surface area contributed by atoms with Gasteiger partial charge >= 0.3 is 0 Å². The molecule has 194 valence electrons. The van der Waals surface area contributed by atoms with Crippen LogP contribution >= 0.6 is 0 Å². The number of anilines is 1. The van der Waals surface area contributed by atoms with Crippen LogP contribution in [0.15, 0.2) is 77.7 Å². The molecule has 0 radical (unpaired) electrons. The average molecular weight is 520 g/mol. The van der Waals surface area contributed by atoms with Crippen LogP contribution in [0.5, 0.6) is 0 Å². The lowest BCUT2D eigenvalue weighted by atomic mass is 10.1. The summed E-state index contributed by atoms with van der Waals surface area (Å²) in [6.07, 6.45) is 2.43. The molecule has 0 aromatic heterocycles. The second-order valence-electron chi connectivity index (χ2n) is 9.58. The Hall–Kier alpha value is -3.49. The molecule has 3 aromatic rings. The van der Waals surface area contributed by atoms with Crippen molar-refractivity contribution in [3.05, 3.63) is 95.1 Å². The molecule has 0 atom stereocenters. The maximum atomic E-state index is 13.5. The fourth-order valence-corrected chi connectivity index (χ4v) is 5.69. The van der Waals surface area contributed by atoms with Crippen molar-refractivity contribution in [1.82, 2.24) is 9.21 Å². The van der Waals surface area contributed by atoms with Crippen molar-refractivity contribution in [1.29, 1.82) is 0 Å². The molecule has 1 aliphatic heterocycles. The highest BCUT2D eigenvalue weighted by Crippen LogP contribution is 2.20. The lowest BCUT2D eigenvalue weighted by molar-refractivity contribution is -0.129. The number of carbonyl (C=O) groups excluding carboxylic acids is 2. The molecule has 0 aliphatic carbocycles. The summed E-state index contributed by atoms with van der Waals surface area (Å²) in [6.45, 7) is 5.23. The van der Waals surface area contributed by atoms with Gasteiger partial charge in [-0.15, -0.1) is 0 Å². The summed E-state index contributed by atoms with van der Waals surface area (Å²) in [6, 6.07) is 21.3. The lowest BCUT2D eigenvalue weighted by Gasteiger charge is -2.22. The lowest BCUT2D eigenvalue weighted by Crippen LogP contribution is -2.37. The van der Waals surface area contributed by atoms with E-state index in [1.54, 1.807) is 36.4 Å². The van der Waals surface area contributed by atoms with E-state index in [0.29, 0.717) is 12.1 Å². The molecule has 7 nitrogen and oxygen atoms in total. The number of nitrogens with zero attached hydrogens (tertiary/aromatic N) is 2. The first-order chi connectivity index (χ1) is 17.7. The molecule has 1 fully saturated rings. The van der Waals surface area contributed by atoms with E-state index in [1.807, 2.05) is 55.1 Å². The highest BCUT2D eigenvalue weighted by atomic mass is 32.2. The Morgan fingerprint density at radius 3 is 1.95 bits per heavy atom. The maximum Gasteiger partial charge on any atom is 0.243 e. The van der Waals surface area contributed by atoms with E-state index in [0.717, 1.165) is 48.2 Å². The van der Waals surface area contributed by atoms with Gasteiger partial charge in [0.2, 0.25) is 21.8 Å². The summed E-state index contributed by atoms with van der Waals surface area (Å²) in [5, 5.41) is 2.80. The fraction of sp³-hybridized carbons (Fsp3) is 0.310. The van der Waals surface area contributed by atoms with E-state index >= 15 is 0 Å². The highest BCUT2D eigenvalue weighted by Gasteiger charge is 2.27. The Kier molecular flexibility index (Phi) is 8.41. The van der Waals surface area contributed by atoms with Crippen molar-refractivity contribution in [2.75, 3.05) is 25.0 Å². The van der Waals surface area contributed by atoms with Gasteiger partial charge in [0.1, 0.15) is 0 Å². The van der Waals surface area contributed by atoms with Gasteiger partial charge in [-0.3, -0.25) is 9.59 Å². The van der Waals surface area contributed by atoms with Crippen LogP contribution in [-0.4, -0.2) is 49.1 Å². The third-order valence-electron chi connectivity index (χ3n) is 6.51. The average Bonchev–Trinajstić information content (AvgIpc) is 3.42. The van der Waals surface area contributed by atoms with E-state index in [9.17, 15) is 18.0 Å². The maximum absolute atomic E-state index is 13.5. The zero-order valence-corrected chi connectivity index (χ0v) is 22.1. The summed E-state index contributed by atoms with van der Waals surface area (Å²) in [5.74, 6) is -0.328. The van der Waals surface area contributed by atoms with E-state index < -0.39 is 15.9 Å². The molecule has 37 heavy (non-hydrogen) atoms. The summed E-state index contributed by atoms with van der Waals surface area (Å²) in [4.78, 5) is 27.4. The Morgan fingerprint density at radius 1 is 0.811 bits per heavy atom. The first-order valence-corrected chi connectivity index (χ1v) is 13.9. The summed E-state index contributed by atoms with van der Waals surface area (Å²) in [5.41, 5.74) is 4.23. The number of aryl methyl sites for hydroxylation is 2. The minimum atomic E-state index is -3.91. The van der Waals surface area contributed by atoms with Gasteiger partial charge < -0.3 is 10.2 Å². The van der Waals surface area contributed by atoms with Crippen LogP contribution in [0.4, 0.5) is 5.69 Å². The molecule has 1 N–H and O–H groups in total. The number of likely N-dealkylation sites (tertiary alicyclic amines) is 1. The summed E-state index contributed by atoms with van der Waals surface area (Å²) in [7, 11) is -3.91. The Labute approximate surface area is 219 Å². The van der Waals surface area contributed by atoms with Crippen molar-refractivity contribution in [2.24, 2.45) is 0 Å². The van der Waals surface area contributed by atoms with E-state index in [-0.39, 0.29) is 23.9 Å². The Bertz CT molecular complexity index is 1330. The molecule has 0 saturated carbocycles. The van der Waals surface area contributed by atoms with Crippen LogP contribution in [0.1, 0.15) is 35.1 Å². The monoisotopic (exact) mass is 519 g/mol. The van der Waals surface area contributed by atoms with Gasteiger partial charge in [-0.05, 0) is 62.1 Å². The molecule has 1 saturated heterocycles. The molecular formula is C29H33N3O4S. The number of benzene rings is 3. The minimum Gasteiger partial charge on any atom is -0.342 e. The van der Waals surface area contributed by atoms with E-state index in [4.69, 9.17) is 0 Å². The standard InChI is InChI=1S/C29H33N3O4S/c1-22-5-9-25(10-6-22)20-32(37(35,36)27-15-7-23(2)8-16-27)21-28(33)30-26-13-11-24(12-14-26)19-29(34)31-17-3-4-18-31/h5-16H,3-4,17-21H2,1-2H3,(H,30,33). The van der Waals surface area contributed by atoms with E-state index in [1.165, 1.54) is 4.31 Å². The second kappa shape index (κ2) is 11.7. The molecule has 1 aliphatic rings. The molecule has 0 bridgehead atoms. The molecule has 3 aromatic carbocycles. The topological polar surface area (TPSA) is 86.8 Å². The number of amides is 2. The van der Waals surface area contributed by atoms with Gasteiger partial charge in [0.25, 0.3) is 0 Å². The molecule has 0 spiro atoms. The number of rotatable bonds is 9. The molecule has 0 unspecified atom stereocenters. The Balaban J connectivity index is 1.45. The third-order valence-corrected chi connectivity index (χ3v) is 8.32. The van der Waals surface area contributed by atoms with Crippen LogP contribution < -0.4 is 5.32 Å². The van der Waals surface area contributed by atoms with Crippen molar-refractivity contribution in [3.63, 3.8) is 0 Å². The normalized spacial score (nSPS) is 13.6. The summed E-state index contributed by atoms with van der Waals surface area (Å²) >= 11 is 0. The van der Waals surface area contributed by atoms with Crippen molar-refractivity contribution in [2.45, 2.75) is 44.6 Å². The van der Waals surface area contributed by atoms with Gasteiger partial charge in [-0.2, -0.15) is 4.31 Å². The highest BCUT2D eigenvalue weighted by molar-refractivity contribution is 7.89. The third kappa shape index (κ3) is 7.05. The molecule has 8 heteroatoms. The quantitative estimate of drug-likeness (QED) is 0.457. The summed E-state index contributed by atoms with van der Waals surface area (Å²) < 4.78 is 28.1. The molecular weight excluding hydrogens is 486 g/mol. The predicted octanol–water partition coefficient (Wildman–Crippen LogP) is 4.30. The van der Waals surface area contributed by atoms with Gasteiger partial charge in [0.15, 0.2) is 0 Å². The van der Waals surface area contributed by atoms with Crippen LogP contribution in [0.25, 0.3) is 0 Å². The predicted molar refractivity (Wildman–Crippen MR) is 145 cm³/mol. The van der Waals surface area contributed by atoms with Crippen LogP contribution in [0.3, 0.4) is 0 Å². The van der Waals surface area contributed by atoms with Gasteiger partial charge in [-0.1, -0.05) is 59.7 Å². The van der Waals surface area contributed by atoms with Gasteiger partial charge in [0, 0.05) is 25.3 Å². The van der Waals surface area contributed by atoms with Crippen LogP contribution in [0.2, 0.25) is 0 Å². The number of hydrogen-bond donors (Lipinski definition) is 1. The number of nitrogens with one attached hydrogen (secondary N) is 1. The van der Waals surface area contributed by atoms with Crippen molar-refractivity contribution < 1.29 is 18.0 Å². The zero-order chi connectivity index (χ0) is 26.4. The fourth-order valence-electron chi connectivity index (χ4n) is 4.30. The van der Waals surface area contributed by atoms with Crippen molar-refractivity contribution >= 4 is 27.5 Å². The first-order valence-electron chi connectivity index (χ1n) is 12.5. The number of carbonyl (C=O) groups is 2. The molecule has 1 heterocycles. The first kappa shape index (κ1) is 26.6. The van der Waals surface area contributed by atoms with Gasteiger partial charge in [-0.25, -0.2) is 8.42 Å². The number of hydrogen-bond acceptors (Lipinski definition) is 4. The Morgan fingerprint density at radius 2 is 1.35 bits per heavy atom. The second-order valence-corrected chi connectivity index (χ2v) is 11.5. The van der Waals surface area contributed by atoms with Crippen LogP contribution in [0, 0.1) is 13.8 Å². The number of sulfonamides is 1. The van der Waals surface area contributed by atoms with Crippen molar-refractivity contribution in [3.8, 4) is 0 Å². The largest absolute Gasteiger partial charge is 0.342 e. The minimum absolute atomic E-state index is 0.0709. The molecule has 2 amide bonds. The molecule has 4 rings (SSSR count). The smallest absolute Gasteiger partial charge is 0.243 e. The SMILES string of the molecule is Cc1ccc(CN(CC(=O)Nc2ccc(CC(=O)N3CCCC3)cc2)S(=O)(=O)c2ccc(C)cc2)cc1. The zero-order valence-electron chi connectivity index (χ0n) is 21.3. The van der Waals surface area contributed by atoms with Gasteiger partial charge in [0.05, 0.1) is 17.9 Å². The van der Waals surface area contributed by atoms with E-state index in [2.05, 4.69) is 5.32 Å².